The van der Waals surface area contributed by atoms with Crippen molar-refractivity contribution in [2.75, 3.05) is 36.1 Å². The van der Waals surface area contributed by atoms with Crippen molar-refractivity contribution in [3.05, 3.63) is 16.9 Å². The average Bonchev–Trinajstić information content (AvgIpc) is 3.25. The molecule has 5 heterocycles. The number of hydrogen-bond acceptors (Lipinski definition) is 9. The summed E-state index contributed by atoms with van der Waals surface area (Å²) in [7, 11) is 0. The van der Waals surface area contributed by atoms with E-state index in [2.05, 4.69) is 47.0 Å². The van der Waals surface area contributed by atoms with E-state index < -0.39 is 0 Å². The summed E-state index contributed by atoms with van der Waals surface area (Å²) in [4.78, 5) is 0. The number of rotatable bonds is 0. The minimum absolute atomic E-state index is 0.611. The lowest BCUT2D eigenvalue weighted by atomic mass is 10.0. The second kappa shape index (κ2) is 7.91. The van der Waals surface area contributed by atoms with Crippen molar-refractivity contribution in [2.45, 2.75) is 9.16 Å². The summed E-state index contributed by atoms with van der Waals surface area (Å²) in [5.74, 6) is 6.08. The normalized spacial score (nSPS) is 40.4. The van der Waals surface area contributed by atoms with Crippen LogP contribution in [0.5, 0.6) is 0 Å². The zero-order chi connectivity index (χ0) is 16.1. The summed E-state index contributed by atoms with van der Waals surface area (Å²) in [6.45, 7) is 1.52. The Labute approximate surface area is 177 Å². The Kier molecular flexibility index (Phi) is 6.01. The first kappa shape index (κ1) is 18.2. The van der Waals surface area contributed by atoms with Crippen molar-refractivity contribution in [3.8, 4) is 0 Å². The third-order valence-electron chi connectivity index (χ3n) is 4.41. The number of thioether (sulfide) groups is 8. The fourth-order valence-corrected chi connectivity index (χ4v) is 17.1. The van der Waals surface area contributed by atoms with Gasteiger partial charge in [-0.3, -0.25) is 0 Å². The van der Waals surface area contributed by atoms with Gasteiger partial charge in [-0.25, -0.2) is 0 Å². The average molecular weight is 471 g/mol. The first-order valence-electron chi connectivity index (χ1n) is 7.85. The van der Waals surface area contributed by atoms with Gasteiger partial charge in [-0.15, -0.1) is 75.8 Å². The van der Waals surface area contributed by atoms with Gasteiger partial charge in [0.15, 0.2) is 0 Å². The monoisotopic (exact) mass is 470 g/mol. The lowest BCUT2D eigenvalue weighted by Gasteiger charge is -2.26. The van der Waals surface area contributed by atoms with Gasteiger partial charge in [0.05, 0.1) is 26.1 Å². The summed E-state index contributed by atoms with van der Waals surface area (Å²) in [5.41, 5.74) is 0. The Bertz CT molecular complexity index is 549. The Balaban J connectivity index is 1.28. The molecule has 4 atom stereocenters. The van der Waals surface area contributed by atoms with Gasteiger partial charge in [0.2, 0.25) is 0 Å². The smallest absolute Gasteiger partial charge is 0.0768 e. The highest BCUT2D eigenvalue weighted by Crippen LogP contribution is 2.66. The molecule has 0 aromatic heterocycles. The van der Waals surface area contributed by atoms with Crippen molar-refractivity contribution in [1.29, 1.82) is 0 Å². The predicted octanol–water partition coefficient (Wildman–Crippen LogP) is 5.71. The molecule has 0 saturated carbocycles. The Hall–Kier alpha value is 2.20. The van der Waals surface area contributed by atoms with Crippen molar-refractivity contribution >= 4 is 94.1 Å². The largest absolute Gasteiger partial charge is 0.154 e. The number of nitrogens with zero attached hydrogens (tertiary/aromatic N) is 1. The molecule has 1 radical (unpaired) electrons. The summed E-state index contributed by atoms with van der Waals surface area (Å²) in [6.07, 6.45) is 0. The first-order valence-corrected chi connectivity index (χ1v) is 15.3. The molecule has 5 rings (SSSR count). The Morgan fingerprint density at radius 3 is 1.83 bits per heavy atom. The molecule has 3 fully saturated rings. The maximum Gasteiger partial charge on any atom is 0.0768 e. The van der Waals surface area contributed by atoms with Gasteiger partial charge >= 0.3 is 0 Å². The summed E-state index contributed by atoms with van der Waals surface area (Å²) >= 11 is 16.6. The van der Waals surface area contributed by atoms with Crippen LogP contribution in [0.15, 0.2) is 16.9 Å². The SMILES string of the molecule is [O]N1CC2CSC3SC(=C4SC5=C(SCCS5)S4)SC3SCC2C1. The quantitative estimate of drug-likeness (QED) is 0.440. The Morgan fingerprint density at radius 1 is 0.750 bits per heavy atom. The molecule has 0 aromatic carbocycles. The fourth-order valence-electron chi connectivity index (χ4n) is 3.18. The molecule has 5 aliphatic heterocycles. The highest BCUT2D eigenvalue weighted by molar-refractivity contribution is 8.44. The Morgan fingerprint density at radius 2 is 1.29 bits per heavy atom. The van der Waals surface area contributed by atoms with Crippen molar-refractivity contribution in [2.24, 2.45) is 11.8 Å². The molecule has 24 heavy (non-hydrogen) atoms. The molecule has 0 aliphatic carbocycles. The van der Waals surface area contributed by atoms with E-state index in [9.17, 15) is 5.21 Å². The first-order chi connectivity index (χ1) is 11.8. The number of hydroxylamine groups is 2. The highest BCUT2D eigenvalue weighted by atomic mass is 32.3. The van der Waals surface area contributed by atoms with Crippen LogP contribution in [-0.2, 0) is 5.21 Å². The predicted molar refractivity (Wildman–Crippen MR) is 121 cm³/mol. The van der Waals surface area contributed by atoms with Gasteiger partial charge in [0, 0.05) is 24.6 Å². The van der Waals surface area contributed by atoms with Crippen LogP contribution in [0.2, 0.25) is 0 Å². The molecule has 0 bridgehead atoms. The van der Waals surface area contributed by atoms with Crippen molar-refractivity contribution < 1.29 is 5.21 Å². The standard InChI is InChI=1S/C14H16NOS8/c16-15-3-7-5-19-11-12(20-6-8(7)4-15)24-14(23-11)13-21-9-10(22-13)18-2-1-17-9/h7-8,11-12H,1-6H2. The second-order valence-electron chi connectivity index (χ2n) is 6.06. The molecular formula is C14H16NOS8. The van der Waals surface area contributed by atoms with Crippen LogP contribution in [0.25, 0.3) is 0 Å². The van der Waals surface area contributed by atoms with E-state index in [0.717, 1.165) is 13.1 Å². The lowest BCUT2D eigenvalue weighted by molar-refractivity contribution is -0.141. The number of fused-ring (bicyclic) bond motifs is 2. The van der Waals surface area contributed by atoms with E-state index in [0.29, 0.717) is 21.0 Å². The van der Waals surface area contributed by atoms with Crippen molar-refractivity contribution in [1.82, 2.24) is 5.06 Å². The van der Waals surface area contributed by atoms with Crippen LogP contribution in [0, 0.1) is 11.8 Å². The fraction of sp³-hybridized carbons (Fsp3) is 0.714. The maximum atomic E-state index is 11.7. The summed E-state index contributed by atoms with van der Waals surface area (Å²) in [6, 6.07) is 0. The molecule has 0 aromatic rings. The van der Waals surface area contributed by atoms with E-state index >= 15 is 0 Å². The van der Waals surface area contributed by atoms with Crippen LogP contribution in [-0.4, -0.2) is 50.3 Å². The second-order valence-corrected chi connectivity index (χ2v) is 16.6. The van der Waals surface area contributed by atoms with Gasteiger partial charge < -0.3 is 0 Å². The molecule has 4 unspecified atom stereocenters. The third kappa shape index (κ3) is 3.72. The number of hydrogen-bond donors (Lipinski definition) is 0. The van der Waals surface area contributed by atoms with Crippen molar-refractivity contribution in [3.63, 3.8) is 0 Å². The van der Waals surface area contributed by atoms with Gasteiger partial charge in [0.25, 0.3) is 0 Å². The van der Waals surface area contributed by atoms with E-state index in [4.69, 9.17) is 0 Å². The van der Waals surface area contributed by atoms with E-state index in [1.807, 2.05) is 47.0 Å². The maximum absolute atomic E-state index is 11.7. The lowest BCUT2D eigenvalue weighted by Crippen LogP contribution is -2.24. The van der Waals surface area contributed by atoms with Gasteiger partial charge in [-0.05, 0) is 23.3 Å². The molecule has 2 nitrogen and oxygen atoms in total. The molecule has 0 spiro atoms. The topological polar surface area (TPSA) is 23.1 Å². The van der Waals surface area contributed by atoms with Gasteiger partial charge in [-0.2, -0.15) is 5.06 Å². The van der Waals surface area contributed by atoms with E-state index in [1.54, 1.807) is 12.7 Å². The van der Waals surface area contributed by atoms with Crippen LogP contribution >= 0.6 is 94.1 Å². The molecular weight excluding hydrogens is 455 g/mol. The molecule has 131 valence electrons. The van der Waals surface area contributed by atoms with Crippen LogP contribution in [0.3, 0.4) is 0 Å². The molecule has 0 amide bonds. The molecule has 0 N–H and O–H groups in total. The van der Waals surface area contributed by atoms with E-state index in [1.165, 1.54) is 32.3 Å². The van der Waals surface area contributed by atoms with E-state index in [-0.39, 0.29) is 0 Å². The third-order valence-corrected chi connectivity index (χ3v) is 17.7. The van der Waals surface area contributed by atoms with Crippen LogP contribution in [0.4, 0.5) is 0 Å². The zero-order valence-electron chi connectivity index (χ0n) is 12.7. The zero-order valence-corrected chi connectivity index (χ0v) is 19.2. The molecule has 10 heteroatoms. The minimum Gasteiger partial charge on any atom is -0.154 e. The highest BCUT2D eigenvalue weighted by Gasteiger charge is 2.42. The summed E-state index contributed by atoms with van der Waals surface area (Å²) < 4.78 is 7.51. The molecule has 5 aliphatic rings. The van der Waals surface area contributed by atoms with Gasteiger partial charge in [0.1, 0.15) is 0 Å². The van der Waals surface area contributed by atoms with Crippen LogP contribution < -0.4 is 0 Å². The van der Waals surface area contributed by atoms with Gasteiger partial charge in [-0.1, -0.05) is 23.5 Å². The molecule has 3 saturated heterocycles. The summed E-state index contributed by atoms with van der Waals surface area (Å²) in [5, 5.41) is 13.0. The minimum atomic E-state index is 0.611. The van der Waals surface area contributed by atoms with Crippen LogP contribution in [0.1, 0.15) is 0 Å².